The summed E-state index contributed by atoms with van der Waals surface area (Å²) in [7, 11) is 1.74. The molecule has 4 heteroatoms. The summed E-state index contributed by atoms with van der Waals surface area (Å²) in [5, 5.41) is -0.534. The smallest absolute Gasteiger partial charge is 0.231 e. The zero-order valence-electron chi connectivity index (χ0n) is 9.16. The van der Waals surface area contributed by atoms with Gasteiger partial charge in [0, 0.05) is 18.3 Å². The van der Waals surface area contributed by atoms with E-state index in [1.54, 1.807) is 37.1 Å². The normalized spacial score (nSPS) is 16.2. The highest BCUT2D eigenvalue weighted by Gasteiger charge is 2.25. The summed E-state index contributed by atoms with van der Waals surface area (Å²) in [6.45, 7) is 1.65. The van der Waals surface area contributed by atoms with Gasteiger partial charge in [0.15, 0.2) is 5.78 Å². The van der Waals surface area contributed by atoms with Crippen LogP contribution in [-0.4, -0.2) is 24.1 Å². The fourth-order valence-corrected chi connectivity index (χ4v) is 1.98. The van der Waals surface area contributed by atoms with Gasteiger partial charge in [-0.3, -0.25) is 9.59 Å². The molecule has 0 spiro atoms. The lowest BCUT2D eigenvalue weighted by Gasteiger charge is -2.10. The quantitative estimate of drug-likeness (QED) is 0.583. The Morgan fingerprint density at radius 1 is 1.50 bits per heavy atom. The average molecular weight is 238 g/mol. The minimum Gasteiger partial charge on any atom is -0.315 e. The van der Waals surface area contributed by atoms with Crippen LogP contribution in [0.25, 0.3) is 0 Å². The highest BCUT2D eigenvalue weighted by Crippen LogP contribution is 2.28. The zero-order chi connectivity index (χ0) is 11.9. The van der Waals surface area contributed by atoms with E-state index in [0.29, 0.717) is 12.0 Å². The topological polar surface area (TPSA) is 37.4 Å². The van der Waals surface area contributed by atoms with Gasteiger partial charge in [-0.1, -0.05) is 0 Å². The number of halogens is 1. The van der Waals surface area contributed by atoms with Crippen molar-refractivity contribution in [3.05, 3.63) is 29.3 Å². The van der Waals surface area contributed by atoms with E-state index in [2.05, 4.69) is 0 Å². The van der Waals surface area contributed by atoms with Crippen molar-refractivity contribution in [3.8, 4) is 0 Å². The fraction of sp³-hybridized carbons (Fsp3) is 0.333. The number of rotatable bonds is 2. The largest absolute Gasteiger partial charge is 0.315 e. The molecule has 84 valence electrons. The first-order valence-corrected chi connectivity index (χ1v) is 5.52. The van der Waals surface area contributed by atoms with E-state index < -0.39 is 5.38 Å². The maximum absolute atomic E-state index is 11.7. The molecule has 0 aliphatic carbocycles. The minimum absolute atomic E-state index is 0.0542. The number of likely N-dealkylation sites (N-methyl/N-ethyl adjacent to an activating group) is 1. The van der Waals surface area contributed by atoms with E-state index >= 15 is 0 Å². The van der Waals surface area contributed by atoms with Crippen LogP contribution in [0, 0.1) is 0 Å². The van der Waals surface area contributed by atoms with Crippen LogP contribution in [0.5, 0.6) is 0 Å². The monoisotopic (exact) mass is 237 g/mol. The SMILES string of the molecule is C[C@@H](Cl)C(=O)c1ccc2c(c1)CC(=O)N2C. The van der Waals surface area contributed by atoms with Gasteiger partial charge in [-0.2, -0.15) is 0 Å². The molecule has 0 bridgehead atoms. The predicted molar refractivity (Wildman–Crippen MR) is 63.2 cm³/mol. The number of carbonyl (C=O) groups excluding carboxylic acids is 2. The number of carbonyl (C=O) groups is 2. The molecule has 1 aromatic carbocycles. The van der Waals surface area contributed by atoms with Crippen molar-refractivity contribution in [1.29, 1.82) is 0 Å². The summed E-state index contributed by atoms with van der Waals surface area (Å²) in [6, 6.07) is 5.28. The number of ketones is 1. The van der Waals surface area contributed by atoms with Crippen LogP contribution in [-0.2, 0) is 11.2 Å². The van der Waals surface area contributed by atoms with E-state index in [9.17, 15) is 9.59 Å². The third-order valence-corrected chi connectivity index (χ3v) is 3.00. The summed E-state index contributed by atoms with van der Waals surface area (Å²) in [5.74, 6) is -0.0509. The van der Waals surface area contributed by atoms with Gasteiger partial charge in [-0.25, -0.2) is 0 Å². The molecular formula is C12H12ClNO2. The Morgan fingerprint density at radius 3 is 2.81 bits per heavy atom. The summed E-state index contributed by atoms with van der Waals surface area (Å²) in [6.07, 6.45) is 0.365. The third kappa shape index (κ3) is 1.71. The molecule has 2 rings (SSSR count). The number of anilines is 1. The maximum Gasteiger partial charge on any atom is 0.231 e. The lowest BCUT2D eigenvalue weighted by atomic mass is 10.0. The first kappa shape index (κ1) is 11.1. The Morgan fingerprint density at radius 2 is 2.19 bits per heavy atom. The summed E-state index contributed by atoms with van der Waals surface area (Å²) < 4.78 is 0. The highest BCUT2D eigenvalue weighted by molar-refractivity contribution is 6.33. The lowest BCUT2D eigenvalue weighted by Crippen LogP contribution is -2.20. The van der Waals surface area contributed by atoms with Crippen LogP contribution in [0.1, 0.15) is 22.8 Å². The Kier molecular flexibility index (Phi) is 2.72. The second-order valence-corrected chi connectivity index (χ2v) is 4.61. The van der Waals surface area contributed by atoms with Gasteiger partial charge >= 0.3 is 0 Å². The molecule has 0 saturated carbocycles. The van der Waals surface area contributed by atoms with E-state index in [1.165, 1.54) is 0 Å². The number of hydrogen-bond acceptors (Lipinski definition) is 2. The predicted octanol–water partition coefficient (Wildman–Crippen LogP) is 2.02. The van der Waals surface area contributed by atoms with E-state index in [1.807, 2.05) is 0 Å². The molecule has 16 heavy (non-hydrogen) atoms. The molecule has 0 unspecified atom stereocenters. The molecule has 0 fully saturated rings. The Hall–Kier alpha value is -1.35. The second-order valence-electron chi connectivity index (χ2n) is 3.95. The molecule has 1 aliphatic heterocycles. The first-order chi connectivity index (χ1) is 7.50. The number of alkyl halides is 1. The van der Waals surface area contributed by atoms with E-state index in [0.717, 1.165) is 11.3 Å². The van der Waals surface area contributed by atoms with Gasteiger partial charge in [-0.15, -0.1) is 11.6 Å². The van der Waals surface area contributed by atoms with Crippen molar-refractivity contribution in [2.24, 2.45) is 0 Å². The van der Waals surface area contributed by atoms with Crippen LogP contribution in [0.15, 0.2) is 18.2 Å². The molecule has 0 saturated heterocycles. The zero-order valence-corrected chi connectivity index (χ0v) is 9.91. The summed E-state index contributed by atoms with van der Waals surface area (Å²) in [4.78, 5) is 24.7. The van der Waals surface area contributed by atoms with Gasteiger partial charge in [0.05, 0.1) is 11.8 Å². The Balaban J connectivity index is 2.39. The molecule has 0 radical (unpaired) electrons. The number of hydrogen-bond donors (Lipinski definition) is 0. The number of amides is 1. The van der Waals surface area contributed by atoms with Crippen molar-refractivity contribution >= 4 is 29.0 Å². The molecule has 0 aromatic heterocycles. The molecular weight excluding hydrogens is 226 g/mol. The van der Waals surface area contributed by atoms with Crippen molar-refractivity contribution in [1.82, 2.24) is 0 Å². The molecule has 1 amide bonds. The van der Waals surface area contributed by atoms with Gasteiger partial charge in [0.2, 0.25) is 5.91 Å². The molecule has 3 nitrogen and oxygen atoms in total. The van der Waals surface area contributed by atoms with Crippen LogP contribution in [0.4, 0.5) is 5.69 Å². The highest BCUT2D eigenvalue weighted by atomic mass is 35.5. The standard InChI is InChI=1S/C12H12ClNO2/c1-7(13)12(16)8-3-4-10-9(5-8)6-11(15)14(10)2/h3-5,7H,6H2,1-2H3/t7-/m1/s1. The van der Waals surface area contributed by atoms with E-state index in [-0.39, 0.29) is 11.7 Å². The summed E-state index contributed by atoms with van der Waals surface area (Å²) in [5.41, 5.74) is 2.35. The molecule has 1 heterocycles. The van der Waals surface area contributed by atoms with Crippen molar-refractivity contribution < 1.29 is 9.59 Å². The van der Waals surface area contributed by atoms with Crippen LogP contribution in [0.2, 0.25) is 0 Å². The van der Waals surface area contributed by atoms with Crippen LogP contribution >= 0.6 is 11.6 Å². The van der Waals surface area contributed by atoms with Crippen LogP contribution in [0.3, 0.4) is 0 Å². The molecule has 1 aliphatic rings. The Bertz CT molecular complexity index is 468. The van der Waals surface area contributed by atoms with Crippen molar-refractivity contribution in [3.63, 3.8) is 0 Å². The van der Waals surface area contributed by atoms with Gasteiger partial charge in [-0.05, 0) is 30.7 Å². The van der Waals surface area contributed by atoms with E-state index in [4.69, 9.17) is 11.6 Å². The molecule has 1 aromatic rings. The number of fused-ring (bicyclic) bond motifs is 1. The number of nitrogens with zero attached hydrogens (tertiary/aromatic N) is 1. The lowest BCUT2D eigenvalue weighted by molar-refractivity contribution is -0.117. The van der Waals surface area contributed by atoms with Crippen molar-refractivity contribution in [2.75, 3.05) is 11.9 Å². The maximum atomic E-state index is 11.7. The van der Waals surface area contributed by atoms with Gasteiger partial charge in [0.1, 0.15) is 0 Å². The number of benzene rings is 1. The summed E-state index contributed by atoms with van der Waals surface area (Å²) >= 11 is 5.74. The molecule has 1 atom stereocenters. The minimum atomic E-state index is -0.534. The Labute approximate surface area is 99.0 Å². The van der Waals surface area contributed by atoms with Gasteiger partial charge < -0.3 is 4.90 Å². The fourth-order valence-electron chi connectivity index (χ4n) is 1.85. The second kappa shape index (κ2) is 3.91. The van der Waals surface area contributed by atoms with Crippen LogP contribution < -0.4 is 4.90 Å². The number of Topliss-reactive ketones (excluding diaryl/α,β-unsaturated/α-hetero) is 1. The van der Waals surface area contributed by atoms with Crippen molar-refractivity contribution in [2.45, 2.75) is 18.7 Å². The third-order valence-electron chi connectivity index (χ3n) is 2.80. The average Bonchev–Trinajstić information content (AvgIpc) is 2.53. The molecule has 0 N–H and O–H groups in total. The van der Waals surface area contributed by atoms with Gasteiger partial charge in [0.25, 0.3) is 0 Å². The first-order valence-electron chi connectivity index (χ1n) is 5.08.